The van der Waals surface area contributed by atoms with Crippen molar-refractivity contribution in [3.05, 3.63) is 89.6 Å². The van der Waals surface area contributed by atoms with Crippen LogP contribution in [0.5, 0.6) is 0 Å². The van der Waals surface area contributed by atoms with Crippen molar-refractivity contribution in [1.29, 1.82) is 0 Å². The number of carbonyl (C=O) groups is 14. The van der Waals surface area contributed by atoms with Gasteiger partial charge in [0, 0.05) is 80.3 Å². The Kier molecular flexibility index (Phi) is 34.2. The van der Waals surface area contributed by atoms with E-state index < -0.39 is 163 Å². The molecule has 8 rings (SSSR count). The molecule has 0 unspecified atom stereocenters. The third kappa shape index (κ3) is 25.9. The first-order valence-electron chi connectivity index (χ1n) is 39.7. The SMILES string of the molecule is CCCC[C@H](NC(=O)[C@@H]1CCCN1C(=O)CNC(=O)[C@H](CCCCN)NC(=O)[C@H](Cc1cnc[nH]1)NC(=O)[C@H](CO)NC(=O)[C@H](CC(C)C)NC(=O)[C@H](CCCN=C(N)N)NC(=O)[C@@H]1CCCN1C(=O)[C@H](CCCN=C(N)N)NC(=O)[C@@H]1CCC(=O)N1)C(=O)N[C@H]1Cc2c([nH]c3ccccc23)CN([C@H](Cc2ccccc2)C(=O)O)C1=O. The Bertz CT molecular complexity index is 4150. The third-order valence-electron chi connectivity index (χ3n) is 20.9. The quantitative estimate of drug-likeness (QED) is 0.0116. The van der Waals surface area contributed by atoms with Gasteiger partial charge in [-0.1, -0.05) is 82.1 Å². The number of guanidine groups is 2. The zero-order valence-electron chi connectivity index (χ0n) is 65.8. The maximum Gasteiger partial charge on any atom is 0.326 e. The van der Waals surface area contributed by atoms with E-state index in [-0.39, 0.29) is 153 Å². The molecule has 4 aromatic rings. The number of fused-ring (bicyclic) bond motifs is 3. The van der Waals surface area contributed by atoms with Crippen molar-refractivity contribution in [2.75, 3.05) is 45.9 Å². The number of nitrogens with two attached hydrogens (primary N) is 5. The summed E-state index contributed by atoms with van der Waals surface area (Å²) in [6, 6.07) is 0.716. The zero-order chi connectivity index (χ0) is 84.1. The molecular formula is C77H113N23O16. The normalized spacial score (nSPS) is 18.6. The second-order valence-electron chi connectivity index (χ2n) is 30.1. The van der Waals surface area contributed by atoms with E-state index in [1.165, 1.54) is 27.2 Å². The summed E-state index contributed by atoms with van der Waals surface area (Å²) in [6.45, 7) is 4.15. The number of carbonyl (C=O) groups excluding carboxylic acids is 13. The van der Waals surface area contributed by atoms with E-state index in [1.807, 2.05) is 31.2 Å². The van der Waals surface area contributed by atoms with Crippen molar-refractivity contribution in [2.45, 2.75) is 228 Å². The first-order valence-corrected chi connectivity index (χ1v) is 39.7. The van der Waals surface area contributed by atoms with Gasteiger partial charge in [0.15, 0.2) is 11.9 Å². The van der Waals surface area contributed by atoms with E-state index in [9.17, 15) is 77.3 Å². The monoisotopic (exact) mass is 1620 g/mol. The number of aliphatic hydroxyl groups excluding tert-OH is 1. The number of aliphatic hydroxyl groups is 1. The van der Waals surface area contributed by atoms with Crippen LogP contribution in [0.4, 0.5) is 0 Å². The van der Waals surface area contributed by atoms with Gasteiger partial charge in [-0.2, -0.15) is 0 Å². The maximum absolute atomic E-state index is 14.8. The van der Waals surface area contributed by atoms with Crippen LogP contribution in [0.1, 0.15) is 152 Å². The van der Waals surface area contributed by atoms with Gasteiger partial charge in [0.25, 0.3) is 0 Å². The van der Waals surface area contributed by atoms with Crippen molar-refractivity contribution in [2.24, 2.45) is 44.6 Å². The molecule has 0 radical (unpaired) electrons. The predicted octanol–water partition coefficient (Wildman–Crippen LogP) is -3.57. The molecule has 24 N–H and O–H groups in total. The third-order valence-corrected chi connectivity index (χ3v) is 20.9. The molecule has 3 saturated heterocycles. The molecule has 0 aliphatic carbocycles. The van der Waals surface area contributed by atoms with Gasteiger partial charge >= 0.3 is 5.97 Å². The highest BCUT2D eigenvalue weighted by molar-refractivity contribution is 6.01. The van der Waals surface area contributed by atoms with Crippen molar-refractivity contribution in [3.63, 3.8) is 0 Å². The lowest BCUT2D eigenvalue weighted by Gasteiger charge is -2.31. The number of carboxylic acid groups (broad SMARTS) is 1. The topological polar surface area (TPSA) is 609 Å². The van der Waals surface area contributed by atoms with Gasteiger partial charge in [0.05, 0.1) is 26.0 Å². The van der Waals surface area contributed by atoms with Crippen molar-refractivity contribution < 1.29 is 77.3 Å². The second-order valence-corrected chi connectivity index (χ2v) is 30.1. The first kappa shape index (κ1) is 89.8. The number of H-pyrrole nitrogens is 2. The summed E-state index contributed by atoms with van der Waals surface area (Å²) in [5.74, 6) is -11.6. The smallest absolute Gasteiger partial charge is 0.326 e. The Morgan fingerprint density at radius 1 is 0.629 bits per heavy atom. The molecule has 3 fully saturated rings. The number of hydrogen-bond donors (Lipinski definition) is 19. The summed E-state index contributed by atoms with van der Waals surface area (Å²) in [4.78, 5) is 220. The second kappa shape index (κ2) is 44.2. The minimum absolute atomic E-state index is 0.00434. The number of benzene rings is 2. The lowest BCUT2D eigenvalue weighted by Crippen LogP contribution is -2.61. The molecule has 2 aromatic carbocycles. The highest BCUT2D eigenvalue weighted by Crippen LogP contribution is 2.31. The number of nitrogens with zero attached hydrogens (tertiary/aromatic N) is 6. The molecule has 116 heavy (non-hydrogen) atoms. The molecule has 12 atom stereocenters. The summed E-state index contributed by atoms with van der Waals surface area (Å²) in [5, 5.41) is 49.0. The van der Waals surface area contributed by atoms with Crippen LogP contribution < -0.4 is 81.8 Å². The Morgan fingerprint density at radius 3 is 1.82 bits per heavy atom. The van der Waals surface area contributed by atoms with E-state index in [1.54, 1.807) is 44.2 Å². The number of aromatic amines is 2. The van der Waals surface area contributed by atoms with Gasteiger partial charge < -0.3 is 117 Å². The Morgan fingerprint density at radius 2 is 1.20 bits per heavy atom. The number of para-hydroxylation sites is 1. The molecule has 39 nitrogen and oxygen atoms in total. The number of aliphatic carboxylic acids is 1. The Labute approximate surface area is 671 Å². The molecule has 4 aliphatic heterocycles. The average Bonchev–Trinajstić information content (AvgIpc) is 1.62. The van der Waals surface area contributed by atoms with E-state index in [0.717, 1.165) is 16.5 Å². The van der Waals surface area contributed by atoms with Crippen molar-refractivity contribution in [1.82, 2.24) is 82.8 Å². The molecule has 0 saturated carbocycles. The Balaban J connectivity index is 0.910. The highest BCUT2D eigenvalue weighted by atomic mass is 16.4. The van der Waals surface area contributed by atoms with Crippen LogP contribution in [0.15, 0.2) is 77.1 Å². The first-order chi connectivity index (χ1) is 55.6. The molecular weight excluding hydrogens is 1500 g/mol. The highest BCUT2D eigenvalue weighted by Gasteiger charge is 2.44. The molecule has 4 aliphatic rings. The van der Waals surface area contributed by atoms with Gasteiger partial charge in [-0.15, -0.1) is 0 Å². The van der Waals surface area contributed by atoms with E-state index in [2.05, 4.69) is 78.1 Å². The number of carboxylic acids is 1. The van der Waals surface area contributed by atoms with Crippen molar-refractivity contribution >= 4 is 106 Å². The average molecular weight is 1620 g/mol. The Hall–Kier alpha value is -11.8. The molecule has 13 amide bonds. The van der Waals surface area contributed by atoms with E-state index in [4.69, 9.17) is 28.7 Å². The molecule has 39 heteroatoms. The van der Waals surface area contributed by atoms with Crippen LogP contribution in [0.25, 0.3) is 10.9 Å². The summed E-state index contributed by atoms with van der Waals surface area (Å²) >= 11 is 0. The lowest BCUT2D eigenvalue weighted by atomic mass is 10.0. The summed E-state index contributed by atoms with van der Waals surface area (Å²) in [5.41, 5.74) is 31.1. The van der Waals surface area contributed by atoms with Gasteiger partial charge in [-0.3, -0.25) is 72.3 Å². The minimum Gasteiger partial charge on any atom is -0.480 e. The molecule has 2 aromatic heterocycles. The van der Waals surface area contributed by atoms with E-state index in [0.29, 0.717) is 55.5 Å². The van der Waals surface area contributed by atoms with Crippen LogP contribution in [0.2, 0.25) is 0 Å². The fraction of sp³-hybridized carbons (Fsp3) is 0.571. The molecule has 6 heterocycles. The molecule has 632 valence electrons. The summed E-state index contributed by atoms with van der Waals surface area (Å²) < 4.78 is 0. The van der Waals surface area contributed by atoms with Crippen LogP contribution in [-0.2, 0) is 92.9 Å². The standard InChI is InChI=1S/C77H113N23O16/c1-4-5-20-50(66(106)96-56-37-47-46-19-9-10-21-48(46)88-57(47)40-100(74(56)114)61(75(115)116)35-44-17-7-6-8-18-44)91-71(111)59-25-15-32-98(59)63(103)39-86-64(104)49(22-11-12-29-78)90-69(109)55(36-45-38-83-42-87-45)95-70(110)58(41-101)97-68(108)54(34-43(2)3)94-65(105)51(23-13-30-84-76(79)80)92-72(112)60-26-16-33-99(60)73(113)53(24-14-31-85-77(81)82)93-67(107)52-27-28-62(102)89-52/h6-10,17-19,21,38,42-43,49-56,58-61,88,101H,4-5,11-16,20,22-37,39-41,78H2,1-3H3,(H,83,87)(H,86,104)(H,89,102)(H,90,109)(H,91,111)(H,92,112)(H,93,107)(H,94,105)(H,95,110)(H,96,106)(H,97,108)(H,115,116)(H4,79,80,84)(H4,81,82,85)/t49-,50-,51-,52-,53-,54-,55-,56-,58-,59-,60-,61+/m0/s1. The number of aliphatic imine (C=N–C) groups is 2. The van der Waals surface area contributed by atoms with Crippen molar-refractivity contribution in [3.8, 4) is 0 Å². The fourth-order valence-corrected chi connectivity index (χ4v) is 14.8. The molecule has 0 spiro atoms. The molecule has 0 bridgehead atoms. The van der Waals surface area contributed by atoms with Gasteiger partial charge in [0.2, 0.25) is 76.8 Å². The lowest BCUT2D eigenvalue weighted by molar-refractivity contribution is -0.152. The van der Waals surface area contributed by atoms with Crippen LogP contribution >= 0.6 is 0 Å². The predicted molar refractivity (Wildman–Crippen MR) is 424 cm³/mol. The van der Waals surface area contributed by atoms with Crippen LogP contribution in [0, 0.1) is 5.92 Å². The largest absolute Gasteiger partial charge is 0.480 e. The van der Waals surface area contributed by atoms with Crippen LogP contribution in [0.3, 0.4) is 0 Å². The fourth-order valence-electron chi connectivity index (χ4n) is 14.8. The number of rotatable bonds is 44. The minimum atomic E-state index is -1.78. The number of likely N-dealkylation sites (tertiary alicyclic amines) is 2. The van der Waals surface area contributed by atoms with Gasteiger partial charge in [0.1, 0.15) is 72.5 Å². The number of nitrogens with one attached hydrogen (secondary N) is 12. The summed E-state index contributed by atoms with van der Waals surface area (Å²) in [6.07, 6.45) is 5.99. The number of amides is 13. The number of unbranched alkanes of at least 4 members (excludes halogenated alkanes) is 2. The number of hydrogen-bond acceptors (Lipinski definition) is 19. The number of imidazole rings is 1. The maximum atomic E-state index is 14.8. The van der Waals surface area contributed by atoms with Gasteiger partial charge in [-0.25, -0.2) is 9.78 Å². The number of aromatic nitrogens is 3. The van der Waals surface area contributed by atoms with Gasteiger partial charge in [-0.05, 0) is 120 Å². The zero-order valence-corrected chi connectivity index (χ0v) is 65.8. The van der Waals surface area contributed by atoms with Crippen LogP contribution in [-0.4, -0.2) is 253 Å². The summed E-state index contributed by atoms with van der Waals surface area (Å²) in [7, 11) is 0. The van der Waals surface area contributed by atoms with E-state index >= 15 is 0 Å².